The number of aryl methyl sites for hydroxylation is 1. The van der Waals surface area contributed by atoms with Crippen LogP contribution in [-0.2, 0) is 7.05 Å². The van der Waals surface area contributed by atoms with Crippen molar-refractivity contribution in [2.75, 3.05) is 5.75 Å². The Morgan fingerprint density at radius 1 is 1.35 bits per heavy atom. The summed E-state index contributed by atoms with van der Waals surface area (Å²) in [6, 6.07) is 7.67. The van der Waals surface area contributed by atoms with Gasteiger partial charge in [-0.15, -0.1) is 11.8 Å². The van der Waals surface area contributed by atoms with Gasteiger partial charge < -0.3 is 4.57 Å². The summed E-state index contributed by atoms with van der Waals surface area (Å²) >= 11 is 1.76. The molecule has 0 aliphatic heterocycles. The topological polar surface area (TPSA) is 34.9 Å². The number of carbonyl (C=O) groups excluding carboxylic acids is 1. The number of imidazole rings is 1. The third-order valence-corrected chi connectivity index (χ3v) is 3.35. The minimum atomic E-state index is -0.0365. The second-order valence-electron chi connectivity index (χ2n) is 3.65. The second-order valence-corrected chi connectivity index (χ2v) is 4.99. The van der Waals surface area contributed by atoms with E-state index in [0.717, 1.165) is 5.75 Å². The fraction of sp³-hybridized carbons (Fsp3) is 0.231. The first-order valence-corrected chi connectivity index (χ1v) is 6.46. The first-order chi connectivity index (χ1) is 8.22. The average Bonchev–Trinajstić information content (AvgIpc) is 2.76. The fourth-order valence-corrected chi connectivity index (χ4v) is 2.24. The smallest absolute Gasteiger partial charge is 0.228 e. The van der Waals surface area contributed by atoms with Crippen LogP contribution in [0.15, 0.2) is 41.6 Å². The Kier molecular flexibility index (Phi) is 3.64. The van der Waals surface area contributed by atoms with E-state index >= 15 is 0 Å². The normalized spacial score (nSPS) is 10.5. The largest absolute Gasteiger partial charge is 0.331 e. The van der Waals surface area contributed by atoms with Crippen molar-refractivity contribution in [2.24, 2.45) is 7.05 Å². The number of thioether (sulfide) groups is 1. The molecule has 0 unspecified atom stereocenters. The van der Waals surface area contributed by atoms with Gasteiger partial charge in [0.25, 0.3) is 0 Å². The van der Waals surface area contributed by atoms with E-state index in [1.54, 1.807) is 28.7 Å². The van der Waals surface area contributed by atoms with Crippen molar-refractivity contribution < 1.29 is 4.79 Å². The highest BCUT2D eigenvalue weighted by molar-refractivity contribution is 7.99. The van der Waals surface area contributed by atoms with Gasteiger partial charge in [-0.3, -0.25) is 4.79 Å². The predicted molar refractivity (Wildman–Crippen MR) is 69.5 cm³/mol. The van der Waals surface area contributed by atoms with Crippen LogP contribution < -0.4 is 0 Å². The van der Waals surface area contributed by atoms with Gasteiger partial charge in [-0.25, -0.2) is 4.98 Å². The molecule has 0 fully saturated rings. The van der Waals surface area contributed by atoms with E-state index in [4.69, 9.17) is 0 Å². The van der Waals surface area contributed by atoms with Crippen molar-refractivity contribution in [2.45, 2.75) is 11.8 Å². The standard InChI is InChI=1S/C13H14N2OS/c1-3-17-11-6-4-10(5-7-11)12(16)13-14-8-9-15(13)2/h4-9H,3H2,1-2H3. The summed E-state index contributed by atoms with van der Waals surface area (Å²) in [5, 5.41) is 0. The molecule has 2 aromatic rings. The predicted octanol–water partition coefficient (Wildman–Crippen LogP) is 2.76. The van der Waals surface area contributed by atoms with Gasteiger partial charge >= 0.3 is 0 Å². The molecule has 0 aliphatic carbocycles. The molecule has 0 N–H and O–H groups in total. The maximum absolute atomic E-state index is 12.1. The maximum atomic E-state index is 12.1. The van der Waals surface area contributed by atoms with E-state index in [-0.39, 0.29) is 5.78 Å². The van der Waals surface area contributed by atoms with Gasteiger partial charge in [-0.2, -0.15) is 0 Å². The van der Waals surface area contributed by atoms with Crippen molar-refractivity contribution in [1.29, 1.82) is 0 Å². The van der Waals surface area contributed by atoms with Gasteiger partial charge in [0, 0.05) is 29.9 Å². The Balaban J connectivity index is 2.23. The van der Waals surface area contributed by atoms with Crippen molar-refractivity contribution >= 4 is 17.5 Å². The quantitative estimate of drug-likeness (QED) is 0.614. The Labute approximate surface area is 105 Å². The minimum absolute atomic E-state index is 0.0365. The highest BCUT2D eigenvalue weighted by Crippen LogP contribution is 2.18. The van der Waals surface area contributed by atoms with Crippen molar-refractivity contribution in [1.82, 2.24) is 9.55 Å². The SMILES string of the molecule is CCSc1ccc(C(=O)c2nccn2C)cc1. The lowest BCUT2D eigenvalue weighted by molar-refractivity contribution is 0.102. The Morgan fingerprint density at radius 2 is 2.06 bits per heavy atom. The van der Waals surface area contributed by atoms with Crippen LogP contribution in [0.3, 0.4) is 0 Å². The van der Waals surface area contributed by atoms with Gasteiger partial charge in [0.1, 0.15) is 0 Å². The molecule has 1 aromatic heterocycles. The molecule has 0 saturated carbocycles. The zero-order valence-corrected chi connectivity index (χ0v) is 10.7. The van der Waals surface area contributed by atoms with Crippen LogP contribution in [0.5, 0.6) is 0 Å². The summed E-state index contributed by atoms with van der Waals surface area (Å²) in [7, 11) is 1.82. The number of hydrogen-bond donors (Lipinski definition) is 0. The average molecular weight is 246 g/mol. The van der Waals surface area contributed by atoms with E-state index in [2.05, 4.69) is 11.9 Å². The number of hydrogen-bond acceptors (Lipinski definition) is 3. The number of ketones is 1. The summed E-state index contributed by atoms with van der Waals surface area (Å²) in [4.78, 5) is 17.4. The van der Waals surface area contributed by atoms with Crippen LogP contribution >= 0.6 is 11.8 Å². The zero-order valence-electron chi connectivity index (χ0n) is 9.88. The maximum Gasteiger partial charge on any atom is 0.228 e. The van der Waals surface area contributed by atoms with E-state index < -0.39 is 0 Å². The summed E-state index contributed by atoms with van der Waals surface area (Å²) in [6.45, 7) is 2.11. The Bertz CT molecular complexity index is 516. The molecule has 0 atom stereocenters. The molecule has 1 aromatic carbocycles. The highest BCUT2D eigenvalue weighted by atomic mass is 32.2. The Morgan fingerprint density at radius 3 is 2.59 bits per heavy atom. The highest BCUT2D eigenvalue weighted by Gasteiger charge is 2.13. The summed E-state index contributed by atoms with van der Waals surface area (Å²) < 4.78 is 1.73. The van der Waals surface area contributed by atoms with E-state index in [1.165, 1.54) is 4.90 Å². The van der Waals surface area contributed by atoms with Crippen LogP contribution in [0.25, 0.3) is 0 Å². The molecule has 4 heteroatoms. The van der Waals surface area contributed by atoms with Gasteiger partial charge in [0.15, 0.2) is 5.82 Å². The van der Waals surface area contributed by atoms with Gasteiger partial charge in [0.2, 0.25) is 5.78 Å². The lowest BCUT2D eigenvalue weighted by atomic mass is 10.1. The zero-order chi connectivity index (χ0) is 12.3. The van der Waals surface area contributed by atoms with Crippen LogP contribution in [0.2, 0.25) is 0 Å². The third-order valence-electron chi connectivity index (χ3n) is 2.45. The van der Waals surface area contributed by atoms with Crippen molar-refractivity contribution in [3.05, 3.63) is 48.0 Å². The Hall–Kier alpha value is -1.55. The summed E-state index contributed by atoms with van der Waals surface area (Å²) in [5.74, 6) is 1.47. The molecule has 0 bridgehead atoms. The number of nitrogens with zero attached hydrogens (tertiary/aromatic N) is 2. The van der Waals surface area contributed by atoms with Gasteiger partial charge in [-0.05, 0) is 30.0 Å². The second kappa shape index (κ2) is 5.19. The third kappa shape index (κ3) is 2.58. The van der Waals surface area contributed by atoms with Crippen molar-refractivity contribution in [3.8, 4) is 0 Å². The lowest BCUT2D eigenvalue weighted by Gasteiger charge is -2.02. The van der Waals surface area contributed by atoms with E-state index in [9.17, 15) is 4.79 Å². The van der Waals surface area contributed by atoms with Gasteiger partial charge in [-0.1, -0.05) is 6.92 Å². The van der Waals surface area contributed by atoms with Crippen LogP contribution in [-0.4, -0.2) is 21.1 Å². The molecule has 0 amide bonds. The molecule has 0 aliphatic rings. The molecular formula is C13H14N2OS. The molecule has 0 spiro atoms. The molecule has 2 rings (SSSR count). The van der Waals surface area contributed by atoms with Gasteiger partial charge in [0.05, 0.1) is 0 Å². The van der Waals surface area contributed by atoms with Crippen LogP contribution in [0.4, 0.5) is 0 Å². The molecule has 88 valence electrons. The number of carbonyl (C=O) groups is 1. The van der Waals surface area contributed by atoms with Crippen molar-refractivity contribution in [3.63, 3.8) is 0 Å². The number of aromatic nitrogens is 2. The van der Waals surface area contributed by atoms with Crippen LogP contribution in [0, 0.1) is 0 Å². The lowest BCUT2D eigenvalue weighted by Crippen LogP contribution is -2.08. The molecular weight excluding hydrogens is 232 g/mol. The van der Waals surface area contributed by atoms with Crippen LogP contribution in [0.1, 0.15) is 23.1 Å². The van der Waals surface area contributed by atoms with E-state index in [1.807, 2.05) is 31.3 Å². The fourth-order valence-electron chi connectivity index (χ4n) is 1.58. The van der Waals surface area contributed by atoms with E-state index in [0.29, 0.717) is 11.4 Å². The molecule has 0 saturated heterocycles. The summed E-state index contributed by atoms with van der Waals surface area (Å²) in [6.07, 6.45) is 3.41. The molecule has 1 heterocycles. The molecule has 0 radical (unpaired) electrons. The monoisotopic (exact) mass is 246 g/mol. The number of benzene rings is 1. The molecule has 17 heavy (non-hydrogen) atoms. The first-order valence-electron chi connectivity index (χ1n) is 5.47. The minimum Gasteiger partial charge on any atom is -0.331 e. The first kappa shape index (κ1) is 11.9. The summed E-state index contributed by atoms with van der Waals surface area (Å²) in [5.41, 5.74) is 0.680. The number of rotatable bonds is 4. The molecule has 3 nitrogen and oxygen atoms in total.